The maximum Gasteiger partial charge on any atom is 0.415 e. The fourth-order valence-corrected chi connectivity index (χ4v) is 1.97. The van der Waals surface area contributed by atoms with Crippen molar-refractivity contribution in [3.63, 3.8) is 0 Å². The molecule has 0 fully saturated rings. The molecule has 1 aromatic rings. The second-order valence-corrected chi connectivity index (χ2v) is 5.71. The molecule has 19 heavy (non-hydrogen) atoms. The minimum Gasteiger partial charge on any atom is -0.484 e. The molecule has 2 N–H and O–H groups in total. The number of fused-ring (bicyclic) bond motifs is 1. The van der Waals surface area contributed by atoms with E-state index >= 15 is 0 Å². The van der Waals surface area contributed by atoms with Crippen LogP contribution in [0.15, 0.2) is 18.2 Å². The van der Waals surface area contributed by atoms with E-state index in [2.05, 4.69) is 0 Å². The van der Waals surface area contributed by atoms with Gasteiger partial charge in [-0.05, 0) is 39.8 Å². The minimum absolute atomic E-state index is 0.121. The van der Waals surface area contributed by atoms with Gasteiger partial charge in [-0.1, -0.05) is 6.07 Å². The molecule has 0 aromatic heterocycles. The van der Waals surface area contributed by atoms with Crippen molar-refractivity contribution in [2.45, 2.75) is 39.4 Å². The predicted molar refractivity (Wildman–Crippen MR) is 74.5 cm³/mol. The van der Waals surface area contributed by atoms with Crippen molar-refractivity contribution in [3.05, 3.63) is 18.2 Å². The van der Waals surface area contributed by atoms with Crippen molar-refractivity contribution in [2.24, 2.45) is 0 Å². The van der Waals surface area contributed by atoms with Crippen LogP contribution in [0, 0.1) is 0 Å². The molecule has 0 spiro atoms. The highest BCUT2D eigenvalue weighted by Crippen LogP contribution is 2.38. The van der Waals surface area contributed by atoms with Crippen LogP contribution in [0.2, 0.25) is 0 Å². The van der Waals surface area contributed by atoms with Gasteiger partial charge in [-0.2, -0.15) is 0 Å². The first-order chi connectivity index (χ1) is 8.78. The Hall–Kier alpha value is -1.91. The van der Waals surface area contributed by atoms with Crippen LogP contribution in [-0.2, 0) is 4.74 Å². The monoisotopic (exact) mass is 264 g/mol. The Bertz CT molecular complexity index is 494. The second kappa shape index (κ2) is 4.64. The van der Waals surface area contributed by atoms with E-state index in [1.54, 1.807) is 17.0 Å². The highest BCUT2D eigenvalue weighted by Gasteiger charge is 2.31. The van der Waals surface area contributed by atoms with Gasteiger partial charge in [0.1, 0.15) is 11.7 Å². The van der Waals surface area contributed by atoms with Crippen molar-refractivity contribution >= 4 is 17.5 Å². The van der Waals surface area contributed by atoms with Crippen LogP contribution in [0.25, 0.3) is 0 Å². The summed E-state index contributed by atoms with van der Waals surface area (Å²) in [5.74, 6) is 0.548. The van der Waals surface area contributed by atoms with E-state index in [1.165, 1.54) is 0 Å². The Labute approximate surface area is 113 Å². The third-order valence-electron chi connectivity index (χ3n) is 2.69. The fourth-order valence-electron chi connectivity index (χ4n) is 1.97. The van der Waals surface area contributed by atoms with Gasteiger partial charge in [0.2, 0.25) is 0 Å². The molecule has 5 nitrogen and oxygen atoms in total. The topological polar surface area (TPSA) is 64.8 Å². The molecule has 1 aliphatic rings. The lowest BCUT2D eigenvalue weighted by Crippen LogP contribution is -2.44. The van der Waals surface area contributed by atoms with E-state index in [-0.39, 0.29) is 12.2 Å². The van der Waals surface area contributed by atoms with Crippen molar-refractivity contribution in [1.82, 2.24) is 0 Å². The smallest absolute Gasteiger partial charge is 0.415 e. The van der Waals surface area contributed by atoms with Gasteiger partial charge in [-0.15, -0.1) is 0 Å². The summed E-state index contributed by atoms with van der Waals surface area (Å²) in [5, 5.41) is 0. The minimum atomic E-state index is -0.529. The van der Waals surface area contributed by atoms with Crippen LogP contribution in [-0.4, -0.2) is 24.3 Å². The van der Waals surface area contributed by atoms with Crippen molar-refractivity contribution < 1.29 is 14.3 Å². The first-order valence-electron chi connectivity index (χ1n) is 6.33. The molecule has 0 saturated carbocycles. The average molecular weight is 264 g/mol. The fraction of sp³-hybridized carbons (Fsp3) is 0.500. The normalized spacial score (nSPS) is 18.5. The number of benzene rings is 1. The van der Waals surface area contributed by atoms with Gasteiger partial charge in [-0.25, -0.2) is 4.79 Å². The molecule has 0 bridgehead atoms. The van der Waals surface area contributed by atoms with Crippen LogP contribution in [0.4, 0.5) is 16.2 Å². The Balaban J connectivity index is 2.33. The molecule has 0 radical (unpaired) electrons. The lowest BCUT2D eigenvalue weighted by Gasteiger charge is -2.35. The van der Waals surface area contributed by atoms with Crippen LogP contribution in [0.5, 0.6) is 5.75 Å². The highest BCUT2D eigenvalue weighted by molar-refractivity contribution is 5.92. The van der Waals surface area contributed by atoms with Crippen LogP contribution in [0.1, 0.15) is 27.7 Å². The summed E-state index contributed by atoms with van der Waals surface area (Å²) in [7, 11) is 0. The predicted octanol–water partition coefficient (Wildman–Crippen LogP) is 2.79. The number of carbonyl (C=O) groups excluding carboxylic acids is 1. The number of hydrogen-bond acceptors (Lipinski definition) is 4. The summed E-state index contributed by atoms with van der Waals surface area (Å²) in [6, 6.07) is 5.36. The lowest BCUT2D eigenvalue weighted by molar-refractivity contribution is 0.0552. The second-order valence-electron chi connectivity index (χ2n) is 5.71. The van der Waals surface area contributed by atoms with E-state index < -0.39 is 5.60 Å². The van der Waals surface area contributed by atoms with E-state index in [9.17, 15) is 4.79 Å². The molecule has 1 aromatic carbocycles. The molecule has 1 atom stereocenters. The summed E-state index contributed by atoms with van der Waals surface area (Å²) in [4.78, 5) is 13.8. The maximum absolute atomic E-state index is 12.2. The van der Waals surface area contributed by atoms with Crippen molar-refractivity contribution in [3.8, 4) is 5.75 Å². The molecule has 1 aliphatic heterocycles. The molecule has 0 aliphatic carbocycles. The van der Waals surface area contributed by atoms with Gasteiger partial charge in [0.05, 0.1) is 17.9 Å². The summed E-state index contributed by atoms with van der Waals surface area (Å²) in [5.41, 5.74) is 6.55. The highest BCUT2D eigenvalue weighted by atomic mass is 16.6. The Morgan fingerprint density at radius 1 is 1.47 bits per heavy atom. The third kappa shape index (κ3) is 2.92. The standard InChI is InChI=1S/C14H20N2O3/c1-9-8-16(13(17)19-14(2,3)4)11-7-5-6-10(15)12(11)18-9/h5-7,9H,8,15H2,1-4H3/t9-/m1/s1. The number of nitrogens with two attached hydrogens (primary N) is 1. The van der Waals surface area contributed by atoms with E-state index in [0.717, 1.165) is 0 Å². The van der Waals surface area contributed by atoms with Gasteiger partial charge in [0.15, 0.2) is 5.75 Å². The zero-order valence-corrected chi connectivity index (χ0v) is 11.8. The summed E-state index contributed by atoms with van der Waals surface area (Å²) in [6.07, 6.45) is -0.501. The van der Waals surface area contributed by atoms with Crippen LogP contribution in [0.3, 0.4) is 0 Å². The maximum atomic E-state index is 12.2. The SMILES string of the molecule is C[C@@H]1CN(C(=O)OC(C)(C)C)c2cccc(N)c2O1. The van der Waals surface area contributed by atoms with Gasteiger partial charge >= 0.3 is 6.09 Å². The number of hydrogen-bond donors (Lipinski definition) is 1. The van der Waals surface area contributed by atoms with Crippen LogP contribution >= 0.6 is 0 Å². The number of carbonyl (C=O) groups is 1. The van der Waals surface area contributed by atoms with E-state index in [1.807, 2.05) is 33.8 Å². The van der Waals surface area contributed by atoms with E-state index in [0.29, 0.717) is 23.7 Å². The van der Waals surface area contributed by atoms with Crippen LogP contribution < -0.4 is 15.4 Å². The van der Waals surface area contributed by atoms with Gasteiger partial charge in [-0.3, -0.25) is 4.90 Å². The first-order valence-corrected chi connectivity index (χ1v) is 6.33. The molecule has 0 saturated heterocycles. The van der Waals surface area contributed by atoms with Gasteiger partial charge in [0, 0.05) is 0 Å². The Morgan fingerprint density at radius 3 is 2.79 bits per heavy atom. The molecule has 1 heterocycles. The molecule has 2 rings (SSSR count). The van der Waals surface area contributed by atoms with E-state index in [4.69, 9.17) is 15.2 Å². The number of nitrogen functional groups attached to an aromatic ring is 1. The number of para-hydroxylation sites is 1. The molecule has 1 amide bonds. The van der Waals surface area contributed by atoms with Gasteiger partial charge < -0.3 is 15.2 Å². The third-order valence-corrected chi connectivity index (χ3v) is 2.69. The Morgan fingerprint density at radius 2 is 2.16 bits per heavy atom. The molecule has 5 heteroatoms. The zero-order valence-electron chi connectivity index (χ0n) is 11.8. The number of anilines is 2. The zero-order chi connectivity index (χ0) is 14.2. The molecule has 0 unspecified atom stereocenters. The Kier molecular flexibility index (Phi) is 3.30. The average Bonchev–Trinajstić information content (AvgIpc) is 2.27. The molecule has 104 valence electrons. The summed E-state index contributed by atoms with van der Waals surface area (Å²) in [6.45, 7) is 7.87. The first kappa shape index (κ1) is 13.5. The molecular weight excluding hydrogens is 244 g/mol. The van der Waals surface area contributed by atoms with Crippen molar-refractivity contribution in [2.75, 3.05) is 17.2 Å². The number of amides is 1. The number of rotatable bonds is 0. The van der Waals surface area contributed by atoms with Crippen molar-refractivity contribution in [1.29, 1.82) is 0 Å². The lowest BCUT2D eigenvalue weighted by atomic mass is 10.1. The quantitative estimate of drug-likeness (QED) is 0.732. The summed E-state index contributed by atoms with van der Waals surface area (Å²) < 4.78 is 11.1. The van der Waals surface area contributed by atoms with Gasteiger partial charge in [0.25, 0.3) is 0 Å². The number of nitrogens with zero attached hydrogens (tertiary/aromatic N) is 1. The largest absolute Gasteiger partial charge is 0.484 e. The molecular formula is C14H20N2O3. The number of ether oxygens (including phenoxy) is 2. The summed E-state index contributed by atoms with van der Waals surface area (Å²) >= 11 is 0.